The average molecular weight is 502 g/mol. The number of amides is 1. The monoisotopic (exact) mass is 501 g/mol. The summed E-state index contributed by atoms with van der Waals surface area (Å²) in [6.45, 7) is 0.878. The number of hydrogen-bond acceptors (Lipinski definition) is 3. The fourth-order valence-electron chi connectivity index (χ4n) is 3.88. The first kappa shape index (κ1) is 23.0. The largest absolute Gasteiger partial charge is 0.487 e. The van der Waals surface area contributed by atoms with Crippen molar-refractivity contribution in [1.29, 1.82) is 0 Å². The Morgan fingerprint density at radius 1 is 0.943 bits per heavy atom. The van der Waals surface area contributed by atoms with Gasteiger partial charge in [-0.15, -0.1) is 0 Å². The number of benzene rings is 4. The van der Waals surface area contributed by atoms with Gasteiger partial charge in [-0.05, 0) is 52.2 Å². The Balaban J connectivity index is 1.24. The van der Waals surface area contributed by atoms with Crippen molar-refractivity contribution >= 4 is 45.6 Å². The second kappa shape index (κ2) is 10.2. The van der Waals surface area contributed by atoms with Crippen molar-refractivity contribution in [3.8, 4) is 5.75 Å². The summed E-state index contributed by atoms with van der Waals surface area (Å²) in [5.74, 6) is 0.311. The lowest BCUT2D eigenvalue weighted by atomic mass is 10.0. The summed E-state index contributed by atoms with van der Waals surface area (Å²) in [4.78, 5) is 12.8. The summed E-state index contributed by atoms with van der Waals surface area (Å²) in [6.07, 6.45) is 3.48. The van der Waals surface area contributed by atoms with Crippen molar-refractivity contribution in [3.05, 3.63) is 124 Å². The van der Waals surface area contributed by atoms with E-state index < -0.39 is 0 Å². The van der Waals surface area contributed by atoms with Gasteiger partial charge in [-0.3, -0.25) is 9.48 Å². The molecule has 0 unspecified atom stereocenters. The molecule has 0 bridgehead atoms. The standard InChI is InChI=1S/C28H21Cl2N3O2/c29-23-11-12-27(26(30)14-23)35-18-19-5-3-8-21(13-19)28(34)32-24-15-31-33(17-24)16-22-9-4-7-20-6-1-2-10-25(20)22/h1-15,17H,16,18H2,(H,32,34). The third-order valence-electron chi connectivity index (χ3n) is 5.58. The molecular weight excluding hydrogens is 481 g/mol. The smallest absolute Gasteiger partial charge is 0.255 e. The van der Waals surface area contributed by atoms with Gasteiger partial charge in [-0.2, -0.15) is 5.10 Å². The first-order valence-corrected chi connectivity index (χ1v) is 11.8. The number of aromatic nitrogens is 2. The van der Waals surface area contributed by atoms with E-state index >= 15 is 0 Å². The first-order valence-electron chi connectivity index (χ1n) is 11.0. The van der Waals surface area contributed by atoms with Gasteiger partial charge in [0.1, 0.15) is 12.4 Å². The fourth-order valence-corrected chi connectivity index (χ4v) is 4.34. The van der Waals surface area contributed by atoms with E-state index in [1.54, 1.807) is 36.5 Å². The normalized spacial score (nSPS) is 10.9. The number of nitrogens with one attached hydrogen (secondary N) is 1. The SMILES string of the molecule is O=C(Nc1cnn(Cc2cccc3ccccc23)c1)c1cccc(COc2ccc(Cl)cc2Cl)c1. The van der Waals surface area contributed by atoms with Gasteiger partial charge in [0.05, 0.1) is 23.5 Å². The maximum atomic E-state index is 12.8. The van der Waals surface area contributed by atoms with Crippen LogP contribution in [0.3, 0.4) is 0 Å². The Labute approximate surface area is 212 Å². The molecule has 0 aliphatic heterocycles. The molecule has 5 nitrogen and oxygen atoms in total. The van der Waals surface area contributed by atoms with Crippen LogP contribution < -0.4 is 10.1 Å². The number of hydrogen-bond donors (Lipinski definition) is 1. The Hall–Kier alpha value is -3.80. The van der Waals surface area contributed by atoms with Crippen molar-refractivity contribution in [2.24, 2.45) is 0 Å². The van der Waals surface area contributed by atoms with E-state index in [2.05, 4.69) is 34.7 Å². The summed E-state index contributed by atoms with van der Waals surface area (Å²) >= 11 is 12.1. The maximum Gasteiger partial charge on any atom is 0.255 e. The zero-order chi connectivity index (χ0) is 24.2. The minimum Gasteiger partial charge on any atom is -0.487 e. The number of carbonyl (C=O) groups excluding carboxylic acids is 1. The van der Waals surface area contributed by atoms with Gasteiger partial charge in [0.2, 0.25) is 0 Å². The molecule has 1 aromatic heterocycles. The van der Waals surface area contributed by atoms with Crippen LogP contribution in [0.5, 0.6) is 5.75 Å². The zero-order valence-corrected chi connectivity index (χ0v) is 20.1. The van der Waals surface area contributed by atoms with E-state index in [9.17, 15) is 4.79 Å². The predicted octanol–water partition coefficient (Wildman–Crippen LogP) is 7.22. The summed E-state index contributed by atoms with van der Waals surface area (Å²) in [5.41, 5.74) is 3.16. The first-order chi connectivity index (χ1) is 17.0. The van der Waals surface area contributed by atoms with Crippen LogP contribution in [0.4, 0.5) is 5.69 Å². The predicted molar refractivity (Wildman–Crippen MR) is 140 cm³/mol. The van der Waals surface area contributed by atoms with E-state index in [1.807, 2.05) is 41.2 Å². The molecule has 0 aliphatic carbocycles. The Kier molecular flexibility index (Phi) is 6.70. The van der Waals surface area contributed by atoms with Gasteiger partial charge >= 0.3 is 0 Å². The van der Waals surface area contributed by atoms with Crippen LogP contribution in [0.1, 0.15) is 21.5 Å². The van der Waals surface area contributed by atoms with Gasteiger partial charge in [-0.25, -0.2) is 0 Å². The van der Waals surface area contributed by atoms with Crippen LogP contribution >= 0.6 is 23.2 Å². The van der Waals surface area contributed by atoms with Gasteiger partial charge in [0.15, 0.2) is 0 Å². The lowest BCUT2D eigenvalue weighted by Crippen LogP contribution is -2.12. The molecule has 0 radical (unpaired) electrons. The molecule has 5 aromatic rings. The van der Waals surface area contributed by atoms with Crippen LogP contribution in [0, 0.1) is 0 Å². The number of carbonyl (C=O) groups is 1. The summed E-state index contributed by atoms with van der Waals surface area (Å²) < 4.78 is 7.60. The molecule has 0 spiro atoms. The average Bonchev–Trinajstić information content (AvgIpc) is 3.30. The molecule has 1 amide bonds. The van der Waals surface area contributed by atoms with Crippen LogP contribution in [-0.4, -0.2) is 15.7 Å². The van der Waals surface area contributed by atoms with E-state index in [-0.39, 0.29) is 12.5 Å². The highest BCUT2D eigenvalue weighted by Gasteiger charge is 2.10. The highest BCUT2D eigenvalue weighted by Crippen LogP contribution is 2.28. The van der Waals surface area contributed by atoms with E-state index in [1.165, 1.54) is 10.8 Å². The molecule has 4 aromatic carbocycles. The zero-order valence-electron chi connectivity index (χ0n) is 18.6. The Bertz CT molecular complexity index is 1510. The summed E-state index contributed by atoms with van der Waals surface area (Å²) in [5, 5.41) is 10.7. The molecule has 0 atom stereocenters. The lowest BCUT2D eigenvalue weighted by Gasteiger charge is -2.09. The van der Waals surface area contributed by atoms with Crippen molar-refractivity contribution in [3.63, 3.8) is 0 Å². The van der Waals surface area contributed by atoms with Crippen molar-refractivity contribution < 1.29 is 9.53 Å². The molecule has 1 heterocycles. The van der Waals surface area contributed by atoms with Gasteiger partial charge in [0, 0.05) is 16.8 Å². The van der Waals surface area contributed by atoms with Gasteiger partial charge in [0.25, 0.3) is 5.91 Å². The molecule has 1 N–H and O–H groups in total. The summed E-state index contributed by atoms with van der Waals surface area (Å²) in [6, 6.07) is 26.8. The molecular formula is C28H21Cl2N3O2. The van der Waals surface area contributed by atoms with E-state index in [0.717, 1.165) is 11.1 Å². The molecule has 0 saturated carbocycles. The Morgan fingerprint density at radius 2 is 1.77 bits per heavy atom. The van der Waals surface area contributed by atoms with Crippen molar-refractivity contribution in [2.45, 2.75) is 13.2 Å². The van der Waals surface area contributed by atoms with Crippen LogP contribution in [0.25, 0.3) is 10.8 Å². The summed E-state index contributed by atoms with van der Waals surface area (Å²) in [7, 11) is 0. The second-order valence-electron chi connectivity index (χ2n) is 8.08. The quantitative estimate of drug-likeness (QED) is 0.256. The topological polar surface area (TPSA) is 56.2 Å². The highest BCUT2D eigenvalue weighted by molar-refractivity contribution is 6.35. The third-order valence-corrected chi connectivity index (χ3v) is 6.11. The number of nitrogens with zero attached hydrogens (tertiary/aromatic N) is 2. The lowest BCUT2D eigenvalue weighted by molar-refractivity contribution is 0.102. The number of halogens is 2. The van der Waals surface area contributed by atoms with Crippen molar-refractivity contribution in [2.75, 3.05) is 5.32 Å². The highest BCUT2D eigenvalue weighted by atomic mass is 35.5. The minimum atomic E-state index is -0.221. The number of rotatable bonds is 7. The van der Waals surface area contributed by atoms with E-state index in [4.69, 9.17) is 27.9 Å². The minimum absolute atomic E-state index is 0.221. The number of ether oxygens (including phenoxy) is 1. The molecule has 0 saturated heterocycles. The molecule has 35 heavy (non-hydrogen) atoms. The molecule has 7 heteroatoms. The molecule has 5 rings (SSSR count). The number of fused-ring (bicyclic) bond motifs is 1. The molecule has 0 fully saturated rings. The van der Waals surface area contributed by atoms with Gasteiger partial charge in [-0.1, -0.05) is 77.8 Å². The maximum absolute atomic E-state index is 12.8. The molecule has 174 valence electrons. The van der Waals surface area contributed by atoms with Crippen molar-refractivity contribution in [1.82, 2.24) is 9.78 Å². The van der Waals surface area contributed by atoms with Gasteiger partial charge < -0.3 is 10.1 Å². The second-order valence-corrected chi connectivity index (χ2v) is 8.93. The van der Waals surface area contributed by atoms with Crippen LogP contribution in [0.15, 0.2) is 97.3 Å². The Morgan fingerprint density at radius 3 is 2.66 bits per heavy atom. The van der Waals surface area contributed by atoms with Crippen LogP contribution in [0.2, 0.25) is 10.0 Å². The molecule has 0 aliphatic rings. The number of anilines is 1. The van der Waals surface area contributed by atoms with Crippen LogP contribution in [-0.2, 0) is 13.2 Å². The fraction of sp³-hybridized carbons (Fsp3) is 0.0714. The third kappa shape index (κ3) is 5.48. The van der Waals surface area contributed by atoms with E-state index in [0.29, 0.717) is 33.6 Å².